The van der Waals surface area contributed by atoms with Crippen molar-refractivity contribution < 1.29 is 19.4 Å². The third-order valence-electron chi connectivity index (χ3n) is 2.30. The first kappa shape index (κ1) is 18.3. The van der Waals surface area contributed by atoms with Crippen LogP contribution in [0.15, 0.2) is 0 Å². The molecule has 0 aliphatic rings. The van der Waals surface area contributed by atoms with E-state index in [1.807, 2.05) is 13.8 Å². The van der Waals surface area contributed by atoms with Crippen LogP contribution in [0.3, 0.4) is 0 Å². The molecule has 17 heavy (non-hydrogen) atoms. The second-order valence-corrected chi connectivity index (χ2v) is 3.64. The molecule has 0 aromatic carbocycles. The van der Waals surface area contributed by atoms with E-state index in [4.69, 9.17) is 9.84 Å². The highest BCUT2D eigenvalue weighted by molar-refractivity contribution is 5.76. The molecule has 0 aromatic rings. The summed E-state index contributed by atoms with van der Waals surface area (Å²) in [7, 11) is 0. The van der Waals surface area contributed by atoms with Gasteiger partial charge < -0.3 is 9.84 Å². The Morgan fingerprint density at radius 2 is 1.76 bits per heavy atom. The van der Waals surface area contributed by atoms with Crippen LogP contribution in [0.2, 0.25) is 0 Å². The third kappa shape index (κ3) is 12.9. The molecule has 0 rings (SSSR count). The van der Waals surface area contributed by atoms with Crippen LogP contribution < -0.4 is 0 Å². The number of carboxylic acid groups (broad SMARTS) is 1. The Balaban J connectivity index is 0. The van der Waals surface area contributed by atoms with E-state index in [2.05, 4.69) is 13.8 Å². The number of ether oxygens (including phenoxy) is 1. The fraction of sp³-hybridized carbons (Fsp3) is 0.846. The summed E-state index contributed by atoms with van der Waals surface area (Å²) < 4.78 is 5.00. The van der Waals surface area contributed by atoms with Crippen molar-refractivity contribution in [2.75, 3.05) is 6.61 Å². The van der Waals surface area contributed by atoms with Gasteiger partial charge in [0.05, 0.1) is 19.4 Å². The fourth-order valence-electron chi connectivity index (χ4n) is 1.31. The first-order valence-corrected chi connectivity index (χ1v) is 6.47. The van der Waals surface area contributed by atoms with Gasteiger partial charge >= 0.3 is 11.9 Å². The molecule has 1 unspecified atom stereocenters. The van der Waals surface area contributed by atoms with Gasteiger partial charge in [0.2, 0.25) is 0 Å². The quantitative estimate of drug-likeness (QED) is 0.668. The Bertz CT molecular complexity index is 202. The largest absolute Gasteiger partial charge is 0.481 e. The van der Waals surface area contributed by atoms with Crippen LogP contribution in [0.5, 0.6) is 0 Å². The summed E-state index contributed by atoms with van der Waals surface area (Å²) in [5.41, 5.74) is 0. The number of carbonyl (C=O) groups is 2. The topological polar surface area (TPSA) is 63.6 Å². The van der Waals surface area contributed by atoms with Gasteiger partial charge in [0.1, 0.15) is 0 Å². The molecular formula is C13H26O4. The molecule has 1 atom stereocenters. The van der Waals surface area contributed by atoms with Crippen LogP contribution in [0.4, 0.5) is 0 Å². The maximum atomic E-state index is 11.1. The zero-order valence-electron chi connectivity index (χ0n) is 11.5. The van der Waals surface area contributed by atoms with Gasteiger partial charge in [0, 0.05) is 0 Å². The minimum atomic E-state index is -0.965. The number of carboxylic acids is 1. The smallest absolute Gasteiger partial charge is 0.306 e. The van der Waals surface area contributed by atoms with Crippen molar-refractivity contribution in [2.24, 2.45) is 5.92 Å². The maximum Gasteiger partial charge on any atom is 0.306 e. The summed E-state index contributed by atoms with van der Waals surface area (Å²) in [5.74, 6) is -0.969. The molecule has 0 heterocycles. The molecule has 0 saturated heterocycles. The minimum Gasteiger partial charge on any atom is -0.481 e. The minimum absolute atomic E-state index is 0.0299. The number of rotatable bonds is 8. The van der Waals surface area contributed by atoms with Crippen molar-refractivity contribution in [1.82, 2.24) is 0 Å². The lowest BCUT2D eigenvalue weighted by Crippen LogP contribution is -2.14. The van der Waals surface area contributed by atoms with E-state index < -0.39 is 11.9 Å². The van der Waals surface area contributed by atoms with Gasteiger partial charge in [-0.05, 0) is 12.3 Å². The van der Waals surface area contributed by atoms with Gasteiger partial charge in [-0.3, -0.25) is 9.59 Å². The molecule has 102 valence electrons. The van der Waals surface area contributed by atoms with Gasteiger partial charge in [0.25, 0.3) is 0 Å². The molecule has 0 bridgehead atoms. The summed E-state index contributed by atoms with van der Waals surface area (Å²) in [6, 6.07) is 0. The summed E-state index contributed by atoms with van der Waals surface area (Å²) in [4.78, 5) is 21.3. The van der Waals surface area contributed by atoms with Crippen LogP contribution in [0.1, 0.15) is 59.8 Å². The summed E-state index contributed by atoms with van der Waals surface area (Å²) in [6.45, 7) is 8.57. The van der Waals surface area contributed by atoms with Crippen molar-refractivity contribution in [2.45, 2.75) is 59.8 Å². The molecule has 0 spiro atoms. The van der Waals surface area contributed by atoms with Crippen molar-refractivity contribution in [3.8, 4) is 0 Å². The molecule has 0 aromatic heterocycles. The van der Waals surface area contributed by atoms with E-state index in [1.165, 1.54) is 0 Å². The highest BCUT2D eigenvalue weighted by Gasteiger charge is 2.10. The predicted octanol–water partition coefficient (Wildman–Crippen LogP) is 3.25. The van der Waals surface area contributed by atoms with E-state index in [0.717, 1.165) is 19.3 Å². The van der Waals surface area contributed by atoms with Crippen LogP contribution in [-0.4, -0.2) is 23.7 Å². The van der Waals surface area contributed by atoms with Crippen LogP contribution in [0, 0.1) is 5.92 Å². The molecule has 1 N–H and O–H groups in total. The summed E-state index contributed by atoms with van der Waals surface area (Å²) >= 11 is 0. The van der Waals surface area contributed by atoms with Crippen molar-refractivity contribution in [3.05, 3.63) is 0 Å². The second-order valence-electron chi connectivity index (χ2n) is 3.64. The second kappa shape index (κ2) is 13.0. The molecule has 0 aliphatic heterocycles. The predicted molar refractivity (Wildman–Crippen MR) is 67.9 cm³/mol. The lowest BCUT2D eigenvalue weighted by atomic mass is 10.0. The number of aliphatic carboxylic acids is 1. The van der Waals surface area contributed by atoms with E-state index in [-0.39, 0.29) is 12.8 Å². The van der Waals surface area contributed by atoms with Gasteiger partial charge in [-0.1, -0.05) is 40.5 Å². The Kier molecular flexibility index (Phi) is 14.0. The molecule has 0 radical (unpaired) electrons. The zero-order valence-corrected chi connectivity index (χ0v) is 11.5. The zero-order chi connectivity index (χ0) is 13.7. The maximum absolute atomic E-state index is 11.1. The van der Waals surface area contributed by atoms with E-state index in [0.29, 0.717) is 12.5 Å². The highest BCUT2D eigenvalue weighted by atomic mass is 16.5. The normalized spacial score (nSPS) is 11.1. The molecule has 0 amide bonds. The van der Waals surface area contributed by atoms with Gasteiger partial charge in [0.15, 0.2) is 0 Å². The third-order valence-corrected chi connectivity index (χ3v) is 2.30. The molecule has 0 saturated carbocycles. The first-order valence-electron chi connectivity index (χ1n) is 6.47. The van der Waals surface area contributed by atoms with Gasteiger partial charge in [-0.15, -0.1) is 0 Å². The lowest BCUT2D eigenvalue weighted by molar-refractivity contribution is -0.148. The van der Waals surface area contributed by atoms with E-state index >= 15 is 0 Å². The van der Waals surface area contributed by atoms with Crippen LogP contribution >= 0.6 is 0 Å². The van der Waals surface area contributed by atoms with E-state index in [9.17, 15) is 9.59 Å². The standard InChI is InChI=1S/C11H20O4.C2H6/c1-3-5-9(4-2)8-15-11(14)7-6-10(12)13;1-2/h9H,3-8H2,1-2H3,(H,12,13);1-2H3. The van der Waals surface area contributed by atoms with Gasteiger partial charge in [-0.25, -0.2) is 0 Å². The fourth-order valence-corrected chi connectivity index (χ4v) is 1.31. The first-order chi connectivity index (χ1) is 8.10. The van der Waals surface area contributed by atoms with E-state index in [1.54, 1.807) is 0 Å². The molecular weight excluding hydrogens is 220 g/mol. The molecule has 0 fully saturated rings. The lowest BCUT2D eigenvalue weighted by Gasteiger charge is -2.13. The van der Waals surface area contributed by atoms with Crippen molar-refractivity contribution in [3.63, 3.8) is 0 Å². The Hall–Kier alpha value is -1.06. The highest BCUT2D eigenvalue weighted by Crippen LogP contribution is 2.11. The number of carbonyl (C=O) groups excluding carboxylic acids is 1. The monoisotopic (exact) mass is 246 g/mol. The average molecular weight is 246 g/mol. The Morgan fingerprint density at radius 1 is 1.18 bits per heavy atom. The molecule has 0 aliphatic carbocycles. The van der Waals surface area contributed by atoms with Gasteiger partial charge in [-0.2, -0.15) is 0 Å². The Morgan fingerprint density at radius 3 is 2.18 bits per heavy atom. The number of hydrogen-bond acceptors (Lipinski definition) is 3. The molecule has 4 heteroatoms. The van der Waals surface area contributed by atoms with Crippen molar-refractivity contribution >= 4 is 11.9 Å². The number of esters is 1. The van der Waals surface area contributed by atoms with Crippen LogP contribution in [-0.2, 0) is 14.3 Å². The van der Waals surface area contributed by atoms with Crippen molar-refractivity contribution in [1.29, 1.82) is 0 Å². The van der Waals surface area contributed by atoms with Crippen LogP contribution in [0.25, 0.3) is 0 Å². The Labute approximate surface area is 104 Å². The average Bonchev–Trinajstić information content (AvgIpc) is 2.34. The summed E-state index contributed by atoms with van der Waals surface area (Å²) in [5, 5.41) is 8.36. The number of hydrogen-bond donors (Lipinski definition) is 1. The SMILES string of the molecule is CC.CCCC(CC)COC(=O)CCC(=O)O. The molecule has 4 nitrogen and oxygen atoms in total. The summed E-state index contributed by atoms with van der Waals surface area (Å²) in [6.07, 6.45) is 2.93.